The van der Waals surface area contributed by atoms with Crippen molar-refractivity contribution >= 4 is 84.9 Å². The lowest BCUT2D eigenvalue weighted by Crippen LogP contribution is -2.48. The highest BCUT2D eigenvalue weighted by Gasteiger charge is 2.41. The van der Waals surface area contributed by atoms with Crippen LogP contribution in [0, 0.1) is 50.5 Å². The minimum atomic E-state index is -2.18. The number of hydrogen-bond acceptors (Lipinski definition) is 6. The van der Waals surface area contributed by atoms with Crippen molar-refractivity contribution in [2.45, 2.75) is 131 Å². The van der Waals surface area contributed by atoms with Gasteiger partial charge in [0.05, 0.1) is 53.8 Å². The van der Waals surface area contributed by atoms with E-state index in [-0.39, 0.29) is 35.3 Å². The lowest BCUT2D eigenvalue weighted by Gasteiger charge is -2.40. The maximum absolute atomic E-state index is 13.4. The third-order valence-electron chi connectivity index (χ3n) is 13.0. The molecule has 4 rings (SSSR count). The van der Waals surface area contributed by atoms with Crippen LogP contribution < -0.4 is 16.2 Å². The second-order valence-corrected chi connectivity index (χ2v) is 33.1. The van der Waals surface area contributed by atoms with Gasteiger partial charge in [0.2, 0.25) is 23.2 Å². The highest BCUT2D eigenvalue weighted by Crippen LogP contribution is 2.40. The minimum absolute atomic E-state index is 0.0443. The van der Waals surface area contributed by atoms with Gasteiger partial charge in [0, 0.05) is 11.1 Å². The van der Waals surface area contributed by atoms with Crippen molar-refractivity contribution in [3.8, 4) is 0 Å². The summed E-state index contributed by atoms with van der Waals surface area (Å²) in [5, 5.41) is 13.8. The number of aliphatic hydroxyl groups excluding tert-OH is 1. The quantitative estimate of drug-likeness (QED) is 0.0326. The molecule has 4 atom stereocenters. The Bertz CT molecular complexity index is 2570. The van der Waals surface area contributed by atoms with E-state index < -0.39 is 63.2 Å². The molecule has 18 heteroatoms. The van der Waals surface area contributed by atoms with Crippen LogP contribution in [0.1, 0.15) is 98.4 Å². The van der Waals surface area contributed by atoms with Crippen LogP contribution in [0.25, 0.3) is 9.69 Å². The predicted molar refractivity (Wildman–Crippen MR) is 288 cm³/mol. The molecule has 0 aromatic heterocycles. The molecule has 0 saturated carbocycles. The van der Waals surface area contributed by atoms with Crippen molar-refractivity contribution in [1.29, 1.82) is 0 Å². The van der Waals surface area contributed by atoms with Gasteiger partial charge in [-0.2, -0.15) is 11.1 Å². The number of nitrogens with one attached hydrogen (secondary N) is 3. The number of hydrogen-bond donors (Lipinski definition) is 4. The number of benzene rings is 4. The van der Waals surface area contributed by atoms with Gasteiger partial charge in [0.1, 0.15) is 11.6 Å². The van der Waals surface area contributed by atoms with Crippen LogP contribution in [-0.2, 0) is 26.9 Å². The topological polar surface area (TPSA) is 143 Å². The zero-order valence-corrected chi connectivity index (χ0v) is 47.4. The molecule has 11 nitrogen and oxygen atoms in total. The molecule has 0 fully saturated rings. The van der Waals surface area contributed by atoms with Gasteiger partial charge in [-0.15, -0.1) is 0 Å². The summed E-state index contributed by atoms with van der Waals surface area (Å²) in [5.41, 5.74) is 8.67. The molecule has 0 aliphatic carbocycles. The average Bonchev–Trinajstić information content (AvgIpc) is 3.27. The number of Topliss-reactive ketones (excluding diaryl/α,β-unsaturated/α-hetero) is 1. The Kier molecular flexibility index (Phi) is 23.3. The van der Waals surface area contributed by atoms with Crippen LogP contribution >= 0.6 is 34.3 Å². The average molecular weight is 1070 g/mol. The van der Waals surface area contributed by atoms with Crippen LogP contribution in [0.4, 0.5) is 20.2 Å². The summed E-state index contributed by atoms with van der Waals surface area (Å²) in [6, 6.07) is 16.8. The van der Waals surface area contributed by atoms with Gasteiger partial charge < -0.3 is 14.8 Å². The lowest BCUT2D eigenvalue weighted by molar-refractivity contribution is -0.129. The lowest BCUT2D eigenvalue weighted by atomic mass is 9.91. The highest BCUT2D eigenvalue weighted by atomic mass is 35.6. The molecule has 3 amide bonds. The van der Waals surface area contributed by atoms with Gasteiger partial charge in [-0.25, -0.2) is 18.5 Å². The summed E-state index contributed by atoms with van der Waals surface area (Å²) in [4.78, 5) is 57.2. The summed E-state index contributed by atoms with van der Waals surface area (Å²) >= 11 is 18.7. The van der Waals surface area contributed by atoms with E-state index >= 15 is 0 Å². The molecule has 384 valence electrons. The van der Waals surface area contributed by atoms with E-state index in [1.807, 2.05) is 19.9 Å². The summed E-state index contributed by atoms with van der Waals surface area (Å²) < 4.78 is 32.6. The van der Waals surface area contributed by atoms with Crippen LogP contribution in [0.5, 0.6) is 0 Å². The summed E-state index contributed by atoms with van der Waals surface area (Å²) in [6.45, 7) is 42.7. The Morgan fingerprint density at radius 1 is 0.676 bits per heavy atom. The standard InChI is InChI=1S/C27H34ClFN2O3Si.C20H19ClFN3O3.C6H15ClSi/c1-17-20(11-14-23(30-6)25(17)28)15-22(18(2)34-35(7,8)27(3,4)5)26(33)31-16-24(32)19-9-12-21(29)13-10-19;1-11-14(6-9-17(23-3)18(11)21)10-16(12(2)26)20(28)25-24-19(27)13-4-7-15(22)8-5-13;1-6(2,3)8(4,5)7/h9-14,18,22H,15-16H2,1-5,7-8H3,(H,31,33);4-9,12,16,26H,10H2,1-2H3,(H,24,27)(H,25,28);1-5H3/t18-,22-;12-,16-;/m11./s1. The Labute approximate surface area is 435 Å². The van der Waals surface area contributed by atoms with Crippen molar-refractivity contribution in [2.24, 2.45) is 11.8 Å². The SMILES string of the molecule is CC(C)(C)[Si](C)(C)Cl.[C-]#[N+]c1ccc(C[C@@H](C(=O)NCC(=O)c2ccc(F)cc2)[C@@H](C)O[Si](C)(C)C(C)(C)C)c(C)c1Cl.[C-]#[N+]c1ccc(C[C@@H](C(=O)NNC(=O)c2ccc(F)cc2)[C@@H](C)O)c(C)c1Cl. The first-order chi connectivity index (χ1) is 32.7. The van der Waals surface area contributed by atoms with Gasteiger partial charge in [0.25, 0.3) is 5.91 Å². The molecule has 0 unspecified atom stereocenters. The second-order valence-electron chi connectivity index (χ2n) is 20.4. The fourth-order valence-electron chi connectivity index (χ4n) is 6.11. The molecular formula is C53H68Cl3F2N5O6Si2. The Hall–Kier alpha value is -4.98. The van der Waals surface area contributed by atoms with Crippen molar-refractivity contribution in [3.63, 3.8) is 0 Å². The number of nitrogens with zero attached hydrogens (tertiary/aromatic N) is 2. The van der Waals surface area contributed by atoms with E-state index in [1.165, 1.54) is 43.3 Å². The van der Waals surface area contributed by atoms with E-state index in [1.54, 1.807) is 25.1 Å². The molecule has 4 aromatic carbocycles. The second kappa shape index (κ2) is 26.6. The molecule has 0 aliphatic rings. The number of rotatable bonds is 14. The number of aliphatic hydroxyl groups is 1. The van der Waals surface area contributed by atoms with E-state index in [2.05, 4.69) is 93.6 Å². The Morgan fingerprint density at radius 3 is 1.46 bits per heavy atom. The van der Waals surface area contributed by atoms with Crippen molar-refractivity contribution in [2.75, 3.05) is 6.54 Å². The molecule has 0 heterocycles. The van der Waals surface area contributed by atoms with Gasteiger partial charge in [0.15, 0.2) is 21.5 Å². The predicted octanol–water partition coefficient (Wildman–Crippen LogP) is 13.5. The van der Waals surface area contributed by atoms with E-state index in [4.69, 9.17) is 51.9 Å². The number of carbonyl (C=O) groups excluding carboxylic acids is 4. The molecule has 0 saturated heterocycles. The normalized spacial score (nSPS) is 13.3. The molecule has 4 aromatic rings. The van der Waals surface area contributed by atoms with E-state index in [0.29, 0.717) is 49.6 Å². The Morgan fingerprint density at radius 2 is 1.08 bits per heavy atom. The first-order valence-corrected chi connectivity index (χ1v) is 30.6. The molecule has 0 aliphatic heterocycles. The number of amides is 3. The number of hydrazine groups is 1. The van der Waals surface area contributed by atoms with Crippen LogP contribution in [0.15, 0.2) is 72.8 Å². The number of halogens is 5. The van der Waals surface area contributed by atoms with Gasteiger partial charge in [-0.3, -0.25) is 30.0 Å². The highest BCUT2D eigenvalue weighted by molar-refractivity contribution is 7.20. The fraction of sp³-hybridized carbons (Fsp3) is 0.434. The summed E-state index contributed by atoms with van der Waals surface area (Å²) in [7, 11) is -3.57. The third kappa shape index (κ3) is 18.5. The van der Waals surface area contributed by atoms with Gasteiger partial charge >= 0.3 is 0 Å². The molecule has 0 bridgehead atoms. The molecular weight excluding hydrogens is 1000 g/mol. The van der Waals surface area contributed by atoms with Crippen LogP contribution in [0.3, 0.4) is 0 Å². The first-order valence-electron chi connectivity index (χ1n) is 22.9. The monoisotopic (exact) mass is 1070 g/mol. The smallest absolute Gasteiger partial charge is 0.269 e. The zero-order valence-electron chi connectivity index (χ0n) is 43.1. The van der Waals surface area contributed by atoms with Crippen LogP contribution in [0.2, 0.25) is 46.3 Å². The minimum Gasteiger partial charge on any atom is -0.413 e. The molecule has 4 N–H and O–H groups in total. The maximum Gasteiger partial charge on any atom is 0.269 e. The number of carbonyl (C=O) groups is 4. The Balaban J connectivity index is 0.000000429. The van der Waals surface area contributed by atoms with E-state index in [9.17, 15) is 33.1 Å². The summed E-state index contributed by atoms with van der Waals surface area (Å²) in [6.07, 6.45) is -0.910. The van der Waals surface area contributed by atoms with Crippen molar-refractivity contribution < 1.29 is 37.5 Å². The number of ketones is 1. The van der Waals surface area contributed by atoms with Gasteiger partial charge in [-0.1, -0.05) is 102 Å². The van der Waals surface area contributed by atoms with Crippen molar-refractivity contribution in [1.82, 2.24) is 16.2 Å². The largest absolute Gasteiger partial charge is 0.413 e. The first kappa shape index (κ1) is 62.1. The molecule has 0 spiro atoms. The maximum atomic E-state index is 13.4. The molecule has 71 heavy (non-hydrogen) atoms. The fourth-order valence-corrected chi connectivity index (χ4v) is 8.01. The van der Waals surface area contributed by atoms with Crippen molar-refractivity contribution in [3.05, 3.63) is 151 Å². The molecule has 0 radical (unpaired) electrons. The van der Waals surface area contributed by atoms with E-state index in [0.717, 1.165) is 23.3 Å². The third-order valence-corrected chi connectivity index (χ3v) is 23.8. The summed E-state index contributed by atoms with van der Waals surface area (Å²) in [5.74, 6) is -4.17. The zero-order chi connectivity index (χ0) is 54.4. The van der Waals surface area contributed by atoms with Crippen LogP contribution in [-0.4, -0.2) is 63.1 Å². The van der Waals surface area contributed by atoms with Gasteiger partial charge in [-0.05, 0) is 134 Å².